The van der Waals surface area contributed by atoms with E-state index in [2.05, 4.69) is 23.8 Å². The van der Waals surface area contributed by atoms with Crippen LogP contribution in [0.4, 0.5) is 0 Å². The van der Waals surface area contributed by atoms with Crippen molar-refractivity contribution in [3.05, 3.63) is 29.6 Å². The fourth-order valence-corrected chi connectivity index (χ4v) is 1.48. The number of fused-ring (bicyclic) bond motifs is 1. The smallest absolute Gasteiger partial charge is 0.0913 e. The highest BCUT2D eigenvalue weighted by Gasteiger charge is 2.03. The predicted molar refractivity (Wildman–Crippen MR) is 50.2 cm³/mol. The summed E-state index contributed by atoms with van der Waals surface area (Å²) in [5.74, 6) is 0. The molecular weight excluding hydrogens is 148 g/mol. The van der Waals surface area contributed by atoms with Crippen molar-refractivity contribution in [2.24, 2.45) is 0 Å². The lowest BCUT2D eigenvalue weighted by atomic mass is 10.2. The van der Waals surface area contributed by atoms with E-state index in [0.717, 1.165) is 11.9 Å². The van der Waals surface area contributed by atoms with Gasteiger partial charge in [-0.25, -0.2) is 0 Å². The van der Waals surface area contributed by atoms with Crippen LogP contribution in [0.15, 0.2) is 18.5 Å². The normalized spacial score (nSPS) is 10.8. The molecule has 0 amide bonds. The van der Waals surface area contributed by atoms with E-state index in [1.54, 1.807) is 0 Å². The molecule has 0 aliphatic heterocycles. The molecule has 0 atom stereocenters. The molecule has 0 aliphatic carbocycles. The maximum absolute atomic E-state index is 4.34. The van der Waals surface area contributed by atoms with Gasteiger partial charge in [0.1, 0.15) is 0 Å². The fourth-order valence-electron chi connectivity index (χ4n) is 1.48. The molecule has 2 rings (SSSR count). The number of aryl methyl sites for hydroxylation is 2. The average molecular weight is 160 g/mol. The maximum atomic E-state index is 4.34. The summed E-state index contributed by atoms with van der Waals surface area (Å²) in [6, 6.07) is 2.03. The molecule has 0 aromatic carbocycles. The third-order valence-electron chi connectivity index (χ3n) is 2.24. The molecule has 2 aromatic heterocycles. The van der Waals surface area contributed by atoms with Crippen molar-refractivity contribution in [3.63, 3.8) is 0 Å². The molecule has 2 heterocycles. The van der Waals surface area contributed by atoms with Gasteiger partial charge in [-0.1, -0.05) is 6.92 Å². The molecule has 2 aromatic rings. The number of hydrogen-bond acceptors (Lipinski definition) is 1. The van der Waals surface area contributed by atoms with Gasteiger partial charge in [-0.3, -0.25) is 4.98 Å². The van der Waals surface area contributed by atoms with Crippen LogP contribution in [0.2, 0.25) is 0 Å². The molecular formula is C10H12N2. The van der Waals surface area contributed by atoms with Crippen molar-refractivity contribution >= 4 is 11.0 Å². The van der Waals surface area contributed by atoms with Crippen molar-refractivity contribution < 1.29 is 0 Å². The van der Waals surface area contributed by atoms with Gasteiger partial charge in [-0.05, 0) is 30.5 Å². The second kappa shape index (κ2) is 2.63. The first-order valence-corrected chi connectivity index (χ1v) is 4.24. The van der Waals surface area contributed by atoms with Crippen LogP contribution in [0.1, 0.15) is 18.1 Å². The third-order valence-corrected chi connectivity index (χ3v) is 2.24. The van der Waals surface area contributed by atoms with E-state index in [-0.39, 0.29) is 0 Å². The highest BCUT2D eigenvalue weighted by Crippen LogP contribution is 2.18. The Labute approximate surface area is 71.6 Å². The Balaban J connectivity index is 2.80. The highest BCUT2D eigenvalue weighted by atomic mass is 14.8. The van der Waals surface area contributed by atoms with E-state index in [4.69, 9.17) is 0 Å². The summed E-state index contributed by atoms with van der Waals surface area (Å²) >= 11 is 0. The highest BCUT2D eigenvalue weighted by molar-refractivity contribution is 5.81. The first-order valence-electron chi connectivity index (χ1n) is 4.24. The average Bonchev–Trinajstić information content (AvgIpc) is 2.49. The molecule has 0 spiro atoms. The van der Waals surface area contributed by atoms with Gasteiger partial charge in [-0.15, -0.1) is 0 Å². The minimum atomic E-state index is 1.04. The van der Waals surface area contributed by atoms with E-state index in [1.165, 1.54) is 16.6 Å². The summed E-state index contributed by atoms with van der Waals surface area (Å²) in [5.41, 5.74) is 4.86. The summed E-state index contributed by atoms with van der Waals surface area (Å²) in [7, 11) is 0. The Hall–Kier alpha value is -1.31. The molecule has 2 nitrogen and oxygen atoms in total. The molecule has 62 valence electrons. The number of hydrogen-bond donors (Lipinski definition) is 1. The molecule has 0 saturated heterocycles. The van der Waals surface area contributed by atoms with Crippen molar-refractivity contribution in [3.8, 4) is 0 Å². The largest absolute Gasteiger partial charge is 0.359 e. The summed E-state index contributed by atoms with van der Waals surface area (Å²) in [4.78, 5) is 7.59. The monoisotopic (exact) mass is 160 g/mol. The van der Waals surface area contributed by atoms with Crippen LogP contribution in [0, 0.1) is 6.92 Å². The van der Waals surface area contributed by atoms with Gasteiger partial charge in [0.25, 0.3) is 0 Å². The predicted octanol–water partition coefficient (Wildman–Crippen LogP) is 2.43. The number of nitrogens with one attached hydrogen (secondary N) is 1. The Bertz CT molecular complexity index is 401. The van der Waals surface area contributed by atoms with E-state index in [9.17, 15) is 0 Å². The lowest BCUT2D eigenvalue weighted by molar-refractivity contribution is 1.14. The SMILES string of the molecule is CCc1c[nH]c2c(C)ccnc12. The Kier molecular flexibility index (Phi) is 1.61. The lowest BCUT2D eigenvalue weighted by Gasteiger charge is -1.94. The van der Waals surface area contributed by atoms with Gasteiger partial charge in [-0.2, -0.15) is 0 Å². The van der Waals surface area contributed by atoms with Crippen LogP contribution in [-0.2, 0) is 6.42 Å². The quantitative estimate of drug-likeness (QED) is 0.682. The van der Waals surface area contributed by atoms with E-state index >= 15 is 0 Å². The minimum absolute atomic E-state index is 1.04. The zero-order chi connectivity index (χ0) is 8.55. The van der Waals surface area contributed by atoms with Crippen molar-refractivity contribution in [1.82, 2.24) is 9.97 Å². The Morgan fingerprint density at radius 3 is 3.08 bits per heavy atom. The van der Waals surface area contributed by atoms with Crippen molar-refractivity contribution in [1.29, 1.82) is 0 Å². The zero-order valence-corrected chi connectivity index (χ0v) is 7.39. The molecule has 2 heteroatoms. The summed E-state index contributed by atoms with van der Waals surface area (Å²) < 4.78 is 0. The minimum Gasteiger partial charge on any atom is -0.359 e. The van der Waals surface area contributed by atoms with E-state index in [1.807, 2.05) is 18.5 Å². The topological polar surface area (TPSA) is 28.7 Å². The fraction of sp³-hybridized carbons (Fsp3) is 0.300. The van der Waals surface area contributed by atoms with Gasteiger partial charge >= 0.3 is 0 Å². The van der Waals surface area contributed by atoms with Crippen molar-refractivity contribution in [2.75, 3.05) is 0 Å². The summed E-state index contributed by atoms with van der Waals surface area (Å²) in [5, 5.41) is 0. The molecule has 1 N–H and O–H groups in total. The van der Waals surface area contributed by atoms with E-state index in [0.29, 0.717) is 0 Å². The summed E-state index contributed by atoms with van der Waals surface area (Å²) in [6.07, 6.45) is 4.95. The zero-order valence-electron chi connectivity index (χ0n) is 7.39. The van der Waals surface area contributed by atoms with Gasteiger partial charge in [0, 0.05) is 12.4 Å². The van der Waals surface area contributed by atoms with Crippen LogP contribution in [-0.4, -0.2) is 9.97 Å². The summed E-state index contributed by atoms with van der Waals surface area (Å²) in [6.45, 7) is 4.24. The first kappa shape index (κ1) is 7.35. The standard InChI is InChI=1S/C10H12N2/c1-3-8-6-12-9-7(2)4-5-11-10(8)9/h4-6,12H,3H2,1-2H3. The maximum Gasteiger partial charge on any atom is 0.0913 e. The number of pyridine rings is 1. The van der Waals surface area contributed by atoms with Gasteiger partial charge < -0.3 is 4.98 Å². The molecule has 0 unspecified atom stereocenters. The molecule has 12 heavy (non-hydrogen) atoms. The van der Waals surface area contributed by atoms with Crippen LogP contribution in [0.5, 0.6) is 0 Å². The van der Waals surface area contributed by atoms with Gasteiger partial charge in [0.15, 0.2) is 0 Å². The van der Waals surface area contributed by atoms with Gasteiger partial charge in [0.2, 0.25) is 0 Å². The molecule has 0 bridgehead atoms. The van der Waals surface area contributed by atoms with Crippen LogP contribution in [0.3, 0.4) is 0 Å². The van der Waals surface area contributed by atoms with E-state index < -0.39 is 0 Å². The van der Waals surface area contributed by atoms with Crippen molar-refractivity contribution in [2.45, 2.75) is 20.3 Å². The molecule has 0 aliphatic rings. The first-order chi connectivity index (χ1) is 5.83. The lowest BCUT2D eigenvalue weighted by Crippen LogP contribution is -1.81. The Morgan fingerprint density at radius 1 is 1.50 bits per heavy atom. The van der Waals surface area contributed by atoms with Crippen LogP contribution in [0.25, 0.3) is 11.0 Å². The second-order valence-electron chi connectivity index (χ2n) is 3.02. The second-order valence-corrected chi connectivity index (χ2v) is 3.02. The number of nitrogens with zero attached hydrogens (tertiary/aromatic N) is 1. The van der Waals surface area contributed by atoms with Gasteiger partial charge in [0.05, 0.1) is 11.0 Å². The number of H-pyrrole nitrogens is 1. The molecule has 0 radical (unpaired) electrons. The number of aromatic nitrogens is 2. The number of aromatic amines is 1. The third kappa shape index (κ3) is 0.916. The molecule has 0 fully saturated rings. The Morgan fingerprint density at radius 2 is 2.33 bits per heavy atom. The van der Waals surface area contributed by atoms with Crippen LogP contribution < -0.4 is 0 Å². The van der Waals surface area contributed by atoms with Crippen LogP contribution >= 0.6 is 0 Å². The molecule has 0 saturated carbocycles. The number of rotatable bonds is 1.